The van der Waals surface area contributed by atoms with Crippen LogP contribution in [0.4, 0.5) is 5.69 Å². The molecule has 0 atom stereocenters. The SMILES string of the molecule is O=C(NC(=S)Nc1ccc(-c2cc3ccccc3oc2=O)c(Cl)c1)c1sc2cc(Cl)ccc2c1Cl. The third-order valence-corrected chi connectivity index (χ3v) is 7.59. The van der Waals surface area contributed by atoms with E-state index in [4.69, 9.17) is 51.4 Å². The highest BCUT2D eigenvalue weighted by Gasteiger charge is 2.19. The van der Waals surface area contributed by atoms with E-state index in [1.807, 2.05) is 12.1 Å². The minimum atomic E-state index is -0.490. The third kappa shape index (κ3) is 4.78. The first-order valence-electron chi connectivity index (χ1n) is 10.1. The number of carbonyl (C=O) groups excluding carboxylic acids is 1. The number of fused-ring (bicyclic) bond motifs is 2. The highest BCUT2D eigenvalue weighted by atomic mass is 35.5. The van der Waals surface area contributed by atoms with Gasteiger partial charge in [-0.25, -0.2) is 4.79 Å². The van der Waals surface area contributed by atoms with Crippen molar-refractivity contribution in [1.29, 1.82) is 0 Å². The van der Waals surface area contributed by atoms with Crippen LogP contribution >= 0.6 is 58.4 Å². The van der Waals surface area contributed by atoms with Crippen molar-refractivity contribution in [3.8, 4) is 11.1 Å². The van der Waals surface area contributed by atoms with Crippen LogP contribution in [-0.4, -0.2) is 11.0 Å². The second-order valence-electron chi connectivity index (χ2n) is 7.47. The molecule has 174 valence electrons. The van der Waals surface area contributed by atoms with E-state index in [0.29, 0.717) is 42.3 Å². The summed E-state index contributed by atoms with van der Waals surface area (Å²) in [5.41, 5.74) is 1.40. The molecular weight excluding hydrogens is 547 g/mol. The number of anilines is 1. The molecule has 0 aliphatic heterocycles. The van der Waals surface area contributed by atoms with Crippen molar-refractivity contribution in [1.82, 2.24) is 5.32 Å². The van der Waals surface area contributed by atoms with Crippen LogP contribution in [0.15, 0.2) is 75.9 Å². The van der Waals surface area contributed by atoms with Gasteiger partial charge in [0.2, 0.25) is 0 Å². The monoisotopic (exact) mass is 558 g/mol. The van der Waals surface area contributed by atoms with E-state index in [2.05, 4.69) is 10.6 Å². The Hall–Kier alpha value is -2.94. The summed E-state index contributed by atoms with van der Waals surface area (Å²) in [5.74, 6) is -0.443. The summed E-state index contributed by atoms with van der Waals surface area (Å²) in [6.45, 7) is 0. The van der Waals surface area contributed by atoms with Crippen molar-refractivity contribution >= 4 is 96.1 Å². The molecule has 35 heavy (non-hydrogen) atoms. The summed E-state index contributed by atoms with van der Waals surface area (Å²) in [5, 5.41) is 8.34. The molecule has 2 N–H and O–H groups in total. The Labute approximate surface area is 223 Å². The molecule has 0 saturated heterocycles. The van der Waals surface area contributed by atoms with E-state index in [1.165, 1.54) is 11.3 Å². The number of rotatable bonds is 3. The van der Waals surface area contributed by atoms with Crippen molar-refractivity contribution in [3.63, 3.8) is 0 Å². The number of benzene rings is 3. The number of carbonyl (C=O) groups is 1. The number of para-hydroxylation sites is 1. The molecule has 0 bridgehead atoms. The van der Waals surface area contributed by atoms with Gasteiger partial charge in [-0.15, -0.1) is 11.3 Å². The predicted molar refractivity (Wildman–Crippen MR) is 148 cm³/mol. The average molecular weight is 560 g/mol. The molecule has 0 spiro atoms. The number of hydrogen-bond acceptors (Lipinski definition) is 5. The number of thiocarbonyl (C=S) groups is 1. The molecule has 0 aliphatic rings. The Morgan fingerprint density at radius 2 is 1.74 bits per heavy atom. The summed E-state index contributed by atoms with van der Waals surface area (Å²) in [4.78, 5) is 25.6. The van der Waals surface area contributed by atoms with Crippen LogP contribution in [0.25, 0.3) is 32.2 Å². The van der Waals surface area contributed by atoms with Gasteiger partial charge >= 0.3 is 5.63 Å². The predicted octanol–water partition coefficient (Wildman–Crippen LogP) is 7.76. The Bertz CT molecular complexity index is 1710. The van der Waals surface area contributed by atoms with Gasteiger partial charge in [-0.3, -0.25) is 10.1 Å². The topological polar surface area (TPSA) is 71.3 Å². The zero-order chi connectivity index (χ0) is 24.7. The van der Waals surface area contributed by atoms with E-state index in [-0.39, 0.29) is 5.11 Å². The lowest BCUT2D eigenvalue weighted by Gasteiger charge is -2.11. The van der Waals surface area contributed by atoms with E-state index in [9.17, 15) is 9.59 Å². The maximum atomic E-state index is 12.8. The second-order valence-corrected chi connectivity index (χ2v) is 10.2. The zero-order valence-corrected chi connectivity index (χ0v) is 21.4. The molecule has 0 unspecified atom stereocenters. The van der Waals surface area contributed by atoms with E-state index < -0.39 is 11.5 Å². The maximum Gasteiger partial charge on any atom is 0.344 e. The second kappa shape index (κ2) is 9.60. The molecule has 0 radical (unpaired) electrons. The molecule has 10 heteroatoms. The van der Waals surface area contributed by atoms with Gasteiger partial charge in [0.1, 0.15) is 10.5 Å². The van der Waals surface area contributed by atoms with Gasteiger partial charge in [-0.05, 0) is 48.6 Å². The number of nitrogens with one attached hydrogen (secondary N) is 2. The van der Waals surface area contributed by atoms with E-state index in [0.717, 1.165) is 15.5 Å². The first-order chi connectivity index (χ1) is 16.8. The van der Waals surface area contributed by atoms with Crippen LogP contribution in [0.2, 0.25) is 15.1 Å². The molecular formula is C25H13Cl3N2O3S2. The van der Waals surface area contributed by atoms with Gasteiger partial charge in [0, 0.05) is 31.7 Å². The molecule has 2 aromatic heterocycles. The molecule has 5 aromatic rings. The Morgan fingerprint density at radius 3 is 2.54 bits per heavy atom. The van der Waals surface area contributed by atoms with Crippen LogP contribution < -0.4 is 16.3 Å². The molecule has 0 saturated carbocycles. The largest absolute Gasteiger partial charge is 0.422 e. The lowest BCUT2D eigenvalue weighted by Crippen LogP contribution is -2.33. The summed E-state index contributed by atoms with van der Waals surface area (Å²) in [6, 6.07) is 19.2. The summed E-state index contributed by atoms with van der Waals surface area (Å²) in [7, 11) is 0. The van der Waals surface area contributed by atoms with Crippen LogP contribution in [0.5, 0.6) is 0 Å². The first-order valence-corrected chi connectivity index (χ1v) is 12.5. The smallest absolute Gasteiger partial charge is 0.344 e. The molecule has 3 aromatic carbocycles. The zero-order valence-electron chi connectivity index (χ0n) is 17.5. The Balaban J connectivity index is 1.34. The van der Waals surface area contributed by atoms with Crippen molar-refractivity contribution in [2.24, 2.45) is 0 Å². The van der Waals surface area contributed by atoms with Gasteiger partial charge in [-0.2, -0.15) is 0 Å². The van der Waals surface area contributed by atoms with Crippen molar-refractivity contribution in [2.45, 2.75) is 0 Å². The third-order valence-electron chi connectivity index (χ3n) is 5.18. The summed E-state index contributed by atoms with van der Waals surface area (Å²) >= 11 is 25.4. The van der Waals surface area contributed by atoms with Gasteiger partial charge in [0.15, 0.2) is 5.11 Å². The molecule has 5 rings (SSSR count). The van der Waals surface area contributed by atoms with Crippen molar-refractivity contribution in [3.05, 3.63) is 97.1 Å². The van der Waals surface area contributed by atoms with Crippen LogP contribution in [0.1, 0.15) is 9.67 Å². The minimum absolute atomic E-state index is 0.0654. The quantitative estimate of drug-likeness (QED) is 0.175. The first kappa shape index (κ1) is 23.8. The van der Waals surface area contributed by atoms with Gasteiger partial charge < -0.3 is 9.73 Å². The van der Waals surface area contributed by atoms with E-state index in [1.54, 1.807) is 54.6 Å². The van der Waals surface area contributed by atoms with Crippen molar-refractivity contribution < 1.29 is 9.21 Å². The fourth-order valence-electron chi connectivity index (χ4n) is 3.57. The van der Waals surface area contributed by atoms with Gasteiger partial charge in [0.25, 0.3) is 5.91 Å². The average Bonchev–Trinajstić information content (AvgIpc) is 3.14. The molecule has 2 heterocycles. The minimum Gasteiger partial charge on any atom is -0.422 e. The van der Waals surface area contributed by atoms with Crippen LogP contribution in [-0.2, 0) is 0 Å². The maximum absolute atomic E-state index is 12.8. The summed E-state index contributed by atoms with van der Waals surface area (Å²) in [6.07, 6.45) is 0. The standard InChI is InChI=1S/C25H13Cl3N2O3S2/c26-13-5-7-16-20(10-13)35-22(21(16)28)23(31)30-25(34)29-14-6-8-15(18(27)11-14)17-9-12-3-1-2-4-19(12)33-24(17)32/h1-11H,(H2,29,30,31,34). The lowest BCUT2D eigenvalue weighted by atomic mass is 10.1. The number of hydrogen-bond donors (Lipinski definition) is 2. The van der Waals surface area contributed by atoms with Crippen LogP contribution in [0.3, 0.4) is 0 Å². The lowest BCUT2D eigenvalue weighted by molar-refractivity contribution is 0.0982. The summed E-state index contributed by atoms with van der Waals surface area (Å²) < 4.78 is 6.20. The fraction of sp³-hybridized carbons (Fsp3) is 0. The molecule has 1 amide bonds. The number of halogens is 3. The van der Waals surface area contributed by atoms with E-state index >= 15 is 0 Å². The Kier molecular flexibility index (Phi) is 6.53. The molecule has 5 nitrogen and oxygen atoms in total. The van der Waals surface area contributed by atoms with Gasteiger partial charge in [-0.1, -0.05) is 65.1 Å². The number of thiophene rings is 1. The Morgan fingerprint density at radius 1 is 0.943 bits per heavy atom. The van der Waals surface area contributed by atoms with Gasteiger partial charge in [0.05, 0.1) is 15.6 Å². The highest BCUT2D eigenvalue weighted by Crippen LogP contribution is 2.36. The normalized spacial score (nSPS) is 11.1. The molecule has 0 fully saturated rings. The van der Waals surface area contributed by atoms with Crippen LogP contribution in [0, 0.1) is 0 Å². The molecule has 0 aliphatic carbocycles. The highest BCUT2D eigenvalue weighted by molar-refractivity contribution is 7.80. The van der Waals surface area contributed by atoms with Crippen molar-refractivity contribution in [2.75, 3.05) is 5.32 Å². The number of amides is 1. The fourth-order valence-corrected chi connectivity index (χ4v) is 5.75.